The van der Waals surface area contributed by atoms with Crippen LogP contribution in [0.1, 0.15) is 30.6 Å². The largest absolute Gasteiger partial charge is 0.375 e. The number of carbonyl (C=O) groups excluding carboxylic acids is 1. The number of anilines is 1. The molecule has 0 amide bonds. The fourth-order valence-corrected chi connectivity index (χ4v) is 2.51. The molecule has 18 heavy (non-hydrogen) atoms. The Morgan fingerprint density at radius 3 is 2.94 bits per heavy atom. The monoisotopic (exact) mass is 267 g/mol. The van der Waals surface area contributed by atoms with Crippen LogP contribution in [0.2, 0.25) is 5.02 Å². The highest BCUT2D eigenvalue weighted by Crippen LogP contribution is 2.27. The van der Waals surface area contributed by atoms with Crippen molar-refractivity contribution in [1.82, 2.24) is 0 Å². The van der Waals surface area contributed by atoms with E-state index in [4.69, 9.17) is 16.3 Å². The van der Waals surface area contributed by atoms with Crippen LogP contribution in [0.3, 0.4) is 0 Å². The standard InChI is InChI=1S/C14H18ClNO2/c1-3-12-9-18-10(2)7-16(12)13-5-4-11(8-17)14(15)6-13/h4-6,8,10,12H,3,7,9H2,1-2H3. The third kappa shape index (κ3) is 2.68. The number of rotatable bonds is 3. The maximum atomic E-state index is 10.8. The van der Waals surface area contributed by atoms with Crippen molar-refractivity contribution in [2.75, 3.05) is 18.1 Å². The van der Waals surface area contributed by atoms with Gasteiger partial charge in [-0.15, -0.1) is 0 Å². The van der Waals surface area contributed by atoms with Crippen molar-refractivity contribution in [2.24, 2.45) is 0 Å². The number of hydrogen-bond acceptors (Lipinski definition) is 3. The van der Waals surface area contributed by atoms with Crippen LogP contribution in [-0.2, 0) is 4.74 Å². The summed E-state index contributed by atoms with van der Waals surface area (Å²) in [5.41, 5.74) is 1.60. The van der Waals surface area contributed by atoms with E-state index in [0.717, 1.165) is 31.5 Å². The van der Waals surface area contributed by atoms with E-state index in [2.05, 4.69) is 18.7 Å². The second kappa shape index (κ2) is 5.72. The summed E-state index contributed by atoms with van der Waals surface area (Å²) in [5, 5.41) is 0.511. The van der Waals surface area contributed by atoms with Gasteiger partial charge in [0, 0.05) is 17.8 Å². The minimum Gasteiger partial charge on any atom is -0.375 e. The number of hydrogen-bond donors (Lipinski definition) is 0. The molecule has 0 bridgehead atoms. The summed E-state index contributed by atoms with van der Waals surface area (Å²) in [4.78, 5) is 13.1. The Morgan fingerprint density at radius 1 is 1.56 bits per heavy atom. The van der Waals surface area contributed by atoms with Crippen molar-refractivity contribution in [3.63, 3.8) is 0 Å². The van der Waals surface area contributed by atoms with E-state index in [9.17, 15) is 4.79 Å². The van der Waals surface area contributed by atoms with Gasteiger partial charge in [0.25, 0.3) is 0 Å². The lowest BCUT2D eigenvalue weighted by Gasteiger charge is -2.40. The molecule has 0 saturated carbocycles. The summed E-state index contributed by atoms with van der Waals surface area (Å²) >= 11 is 6.09. The minimum absolute atomic E-state index is 0.220. The second-order valence-corrected chi connectivity index (χ2v) is 5.09. The molecule has 0 radical (unpaired) electrons. The molecule has 0 N–H and O–H groups in total. The zero-order valence-electron chi connectivity index (χ0n) is 10.7. The van der Waals surface area contributed by atoms with E-state index in [-0.39, 0.29) is 6.10 Å². The fourth-order valence-electron chi connectivity index (χ4n) is 2.29. The third-order valence-corrected chi connectivity index (χ3v) is 3.71. The summed E-state index contributed by atoms with van der Waals surface area (Å²) in [6.07, 6.45) is 2.03. The second-order valence-electron chi connectivity index (χ2n) is 4.68. The highest BCUT2D eigenvalue weighted by molar-refractivity contribution is 6.33. The molecule has 1 aliphatic rings. The van der Waals surface area contributed by atoms with Crippen LogP contribution < -0.4 is 4.90 Å². The van der Waals surface area contributed by atoms with Gasteiger partial charge in [0.2, 0.25) is 0 Å². The van der Waals surface area contributed by atoms with Crippen molar-refractivity contribution >= 4 is 23.6 Å². The lowest BCUT2D eigenvalue weighted by Crippen LogP contribution is -2.48. The van der Waals surface area contributed by atoms with Gasteiger partial charge in [0.1, 0.15) is 0 Å². The molecule has 0 aromatic heterocycles. The Hall–Kier alpha value is -1.06. The number of benzene rings is 1. The Morgan fingerprint density at radius 2 is 2.33 bits per heavy atom. The van der Waals surface area contributed by atoms with Gasteiger partial charge < -0.3 is 9.64 Å². The SMILES string of the molecule is CCC1COC(C)CN1c1ccc(C=O)c(Cl)c1. The molecule has 2 unspecified atom stereocenters. The van der Waals surface area contributed by atoms with Crippen molar-refractivity contribution in [3.05, 3.63) is 28.8 Å². The molecule has 98 valence electrons. The van der Waals surface area contributed by atoms with Crippen LogP contribution in [0.25, 0.3) is 0 Å². The van der Waals surface area contributed by atoms with Crippen molar-refractivity contribution in [1.29, 1.82) is 0 Å². The van der Waals surface area contributed by atoms with Crippen molar-refractivity contribution in [3.8, 4) is 0 Å². The van der Waals surface area contributed by atoms with Crippen LogP contribution in [0, 0.1) is 0 Å². The molecule has 1 aliphatic heterocycles. The molecule has 4 heteroatoms. The van der Waals surface area contributed by atoms with Gasteiger partial charge in [-0.3, -0.25) is 4.79 Å². The number of ether oxygens (including phenoxy) is 1. The van der Waals surface area contributed by atoms with Crippen molar-refractivity contribution in [2.45, 2.75) is 32.4 Å². The summed E-state index contributed by atoms with van der Waals surface area (Å²) in [6.45, 7) is 5.82. The van der Waals surface area contributed by atoms with E-state index < -0.39 is 0 Å². The highest BCUT2D eigenvalue weighted by Gasteiger charge is 2.25. The summed E-state index contributed by atoms with van der Waals surface area (Å²) in [7, 11) is 0. The number of nitrogens with zero attached hydrogens (tertiary/aromatic N) is 1. The van der Waals surface area contributed by atoms with E-state index in [0.29, 0.717) is 16.6 Å². The van der Waals surface area contributed by atoms with Crippen LogP contribution in [0.15, 0.2) is 18.2 Å². The van der Waals surface area contributed by atoms with E-state index >= 15 is 0 Å². The molecule has 1 aromatic carbocycles. The van der Waals surface area contributed by atoms with Crippen LogP contribution >= 0.6 is 11.6 Å². The summed E-state index contributed by atoms with van der Waals surface area (Å²) < 4.78 is 5.68. The van der Waals surface area contributed by atoms with E-state index in [1.54, 1.807) is 6.07 Å². The molecule has 3 nitrogen and oxygen atoms in total. The summed E-state index contributed by atoms with van der Waals surface area (Å²) in [5.74, 6) is 0. The quantitative estimate of drug-likeness (QED) is 0.788. The number of halogens is 1. The summed E-state index contributed by atoms with van der Waals surface area (Å²) in [6, 6.07) is 5.97. The first-order valence-electron chi connectivity index (χ1n) is 6.28. The Labute approximate surface area is 113 Å². The molecule has 2 atom stereocenters. The normalized spacial score (nSPS) is 24.1. The molecular weight excluding hydrogens is 250 g/mol. The number of aldehydes is 1. The molecule has 0 spiro atoms. The minimum atomic E-state index is 0.220. The lowest BCUT2D eigenvalue weighted by molar-refractivity contribution is 0.0299. The lowest BCUT2D eigenvalue weighted by atomic mass is 10.1. The number of carbonyl (C=O) groups is 1. The Bertz CT molecular complexity index is 436. The van der Waals surface area contributed by atoms with Crippen LogP contribution in [0.5, 0.6) is 0 Å². The first-order valence-corrected chi connectivity index (χ1v) is 6.66. The average Bonchev–Trinajstić information content (AvgIpc) is 2.38. The number of morpholine rings is 1. The third-order valence-electron chi connectivity index (χ3n) is 3.38. The highest BCUT2D eigenvalue weighted by atomic mass is 35.5. The first-order chi connectivity index (χ1) is 8.65. The van der Waals surface area contributed by atoms with Gasteiger partial charge in [0.15, 0.2) is 6.29 Å². The molecule has 2 rings (SSSR count). The van der Waals surface area contributed by atoms with Crippen molar-refractivity contribution < 1.29 is 9.53 Å². The van der Waals surface area contributed by atoms with Gasteiger partial charge in [0.05, 0.1) is 23.8 Å². The van der Waals surface area contributed by atoms with Gasteiger partial charge in [-0.05, 0) is 31.5 Å². The predicted molar refractivity (Wildman–Crippen MR) is 73.7 cm³/mol. The molecule has 0 aliphatic carbocycles. The molecule has 1 heterocycles. The van der Waals surface area contributed by atoms with E-state index in [1.807, 2.05) is 12.1 Å². The van der Waals surface area contributed by atoms with Crippen LogP contribution in [0.4, 0.5) is 5.69 Å². The van der Waals surface area contributed by atoms with Gasteiger partial charge in [-0.2, -0.15) is 0 Å². The zero-order chi connectivity index (χ0) is 13.1. The zero-order valence-corrected chi connectivity index (χ0v) is 11.5. The Balaban J connectivity index is 2.27. The first kappa shape index (κ1) is 13.4. The van der Waals surface area contributed by atoms with E-state index in [1.165, 1.54) is 0 Å². The Kier molecular flexibility index (Phi) is 4.25. The van der Waals surface area contributed by atoms with Gasteiger partial charge in [-0.25, -0.2) is 0 Å². The van der Waals surface area contributed by atoms with Gasteiger partial charge >= 0.3 is 0 Å². The maximum Gasteiger partial charge on any atom is 0.151 e. The molecule has 1 saturated heterocycles. The smallest absolute Gasteiger partial charge is 0.151 e. The molecular formula is C14H18ClNO2. The van der Waals surface area contributed by atoms with Gasteiger partial charge in [-0.1, -0.05) is 18.5 Å². The topological polar surface area (TPSA) is 29.5 Å². The maximum absolute atomic E-state index is 10.8. The van der Waals surface area contributed by atoms with Crippen LogP contribution in [-0.4, -0.2) is 31.6 Å². The molecule has 1 aromatic rings. The fraction of sp³-hybridized carbons (Fsp3) is 0.500. The predicted octanol–water partition coefficient (Wildman–Crippen LogP) is 3.16. The average molecular weight is 268 g/mol. The molecule has 1 fully saturated rings.